The fraction of sp³-hybridized carbons (Fsp3) is 0.481. The minimum atomic E-state index is -1.90. The quantitative estimate of drug-likeness (QED) is 0.288. The molecule has 0 spiro atoms. The first-order valence-electron chi connectivity index (χ1n) is 11.3. The largest absolute Gasteiger partial charge is 0.489 e. The summed E-state index contributed by atoms with van der Waals surface area (Å²) < 4.78 is 12.6. The van der Waals surface area contributed by atoms with Gasteiger partial charge in [0.25, 0.3) is 0 Å². The molecule has 1 N–H and O–H groups in total. The Balaban J connectivity index is 1.95. The molecule has 0 amide bonds. The lowest BCUT2D eigenvalue weighted by molar-refractivity contribution is 0.0833. The lowest BCUT2D eigenvalue weighted by Crippen LogP contribution is -2.44. The van der Waals surface area contributed by atoms with E-state index in [4.69, 9.17) is 9.16 Å². The van der Waals surface area contributed by atoms with E-state index >= 15 is 0 Å². The number of rotatable bonds is 12. The Hall–Kier alpha value is -1.88. The van der Waals surface area contributed by atoms with E-state index in [0.29, 0.717) is 19.4 Å². The highest BCUT2D eigenvalue weighted by atomic mass is 28.4. The fourth-order valence-electron chi connectivity index (χ4n) is 3.23. The van der Waals surface area contributed by atoms with Crippen molar-refractivity contribution >= 4 is 8.32 Å². The van der Waals surface area contributed by atoms with Crippen LogP contribution in [0.1, 0.15) is 51.2 Å². The van der Waals surface area contributed by atoms with Gasteiger partial charge in [0.15, 0.2) is 8.32 Å². The van der Waals surface area contributed by atoms with Crippen molar-refractivity contribution < 1.29 is 14.3 Å². The van der Waals surface area contributed by atoms with Crippen molar-refractivity contribution in [1.82, 2.24) is 0 Å². The minimum Gasteiger partial charge on any atom is -0.489 e. The molecule has 0 unspecified atom stereocenters. The van der Waals surface area contributed by atoms with Gasteiger partial charge >= 0.3 is 0 Å². The number of benzene rings is 2. The van der Waals surface area contributed by atoms with Crippen molar-refractivity contribution in [3.63, 3.8) is 0 Å². The van der Waals surface area contributed by atoms with E-state index < -0.39 is 14.4 Å². The molecule has 2 rings (SSSR count). The third-order valence-corrected chi connectivity index (χ3v) is 10.7. The Bertz CT molecular complexity index is 778. The standard InChI is InChI=1S/C27H40O3Si/c1-7-11-24(28)20-26(30-31(5,6)27(2,3)4)19-16-22-14-17-25(18-15-22)29-21-23-12-9-8-10-13-23/h7-10,12-15,17-18,24,26,28H,1,11,16,19-21H2,2-6H3/t24-,26-/m0/s1. The van der Waals surface area contributed by atoms with Gasteiger partial charge in [-0.2, -0.15) is 0 Å². The van der Waals surface area contributed by atoms with Crippen LogP contribution in [-0.4, -0.2) is 25.6 Å². The average Bonchev–Trinajstić information content (AvgIpc) is 2.71. The average molecular weight is 441 g/mol. The van der Waals surface area contributed by atoms with E-state index in [1.165, 1.54) is 5.56 Å². The van der Waals surface area contributed by atoms with Gasteiger partial charge in [-0.05, 0) is 67.1 Å². The van der Waals surface area contributed by atoms with Gasteiger partial charge in [-0.1, -0.05) is 69.3 Å². The molecule has 0 aliphatic rings. The number of aliphatic hydroxyl groups is 1. The molecular weight excluding hydrogens is 400 g/mol. The molecule has 2 aromatic carbocycles. The van der Waals surface area contributed by atoms with Crippen LogP contribution in [0.2, 0.25) is 18.1 Å². The number of aliphatic hydroxyl groups excluding tert-OH is 1. The number of aryl methyl sites for hydroxylation is 1. The summed E-state index contributed by atoms with van der Waals surface area (Å²) in [6.45, 7) is 15.6. The van der Waals surface area contributed by atoms with Crippen LogP contribution in [-0.2, 0) is 17.5 Å². The van der Waals surface area contributed by atoms with Gasteiger partial charge in [0.2, 0.25) is 0 Å². The third-order valence-electron chi connectivity index (χ3n) is 6.17. The van der Waals surface area contributed by atoms with Gasteiger partial charge in [-0.25, -0.2) is 0 Å². The Morgan fingerprint density at radius 3 is 2.23 bits per heavy atom. The summed E-state index contributed by atoms with van der Waals surface area (Å²) in [5.74, 6) is 0.878. The van der Waals surface area contributed by atoms with Crippen LogP contribution in [0.4, 0.5) is 0 Å². The molecule has 0 aliphatic carbocycles. The summed E-state index contributed by atoms with van der Waals surface area (Å²) in [4.78, 5) is 0. The molecule has 0 saturated carbocycles. The first kappa shape index (κ1) is 25.4. The molecule has 31 heavy (non-hydrogen) atoms. The summed E-state index contributed by atoms with van der Waals surface area (Å²) in [5, 5.41) is 10.5. The SMILES string of the molecule is C=CC[C@H](O)C[C@H](CCc1ccc(OCc2ccccc2)cc1)O[Si](C)(C)C(C)(C)C. The highest BCUT2D eigenvalue weighted by Gasteiger charge is 2.39. The second kappa shape index (κ2) is 11.7. The molecule has 0 fully saturated rings. The van der Waals surface area contributed by atoms with E-state index in [-0.39, 0.29) is 11.1 Å². The van der Waals surface area contributed by atoms with Crippen LogP contribution in [0.25, 0.3) is 0 Å². The lowest BCUT2D eigenvalue weighted by atomic mass is 10.0. The summed E-state index contributed by atoms with van der Waals surface area (Å²) in [6.07, 6.45) is 4.49. The lowest BCUT2D eigenvalue weighted by Gasteiger charge is -2.40. The van der Waals surface area contributed by atoms with Crippen molar-refractivity contribution in [2.45, 2.75) is 83.4 Å². The Labute approximate surface area is 190 Å². The van der Waals surface area contributed by atoms with Crippen LogP contribution in [0, 0.1) is 0 Å². The maximum Gasteiger partial charge on any atom is 0.192 e. The second-order valence-electron chi connectivity index (χ2n) is 9.87. The monoisotopic (exact) mass is 440 g/mol. The minimum absolute atomic E-state index is 0.0462. The summed E-state index contributed by atoms with van der Waals surface area (Å²) >= 11 is 0. The first-order chi connectivity index (χ1) is 14.6. The predicted molar refractivity (Wildman–Crippen MR) is 133 cm³/mol. The summed E-state index contributed by atoms with van der Waals surface area (Å²) in [5.41, 5.74) is 2.42. The van der Waals surface area contributed by atoms with Crippen molar-refractivity contribution in [3.8, 4) is 5.75 Å². The second-order valence-corrected chi connectivity index (χ2v) is 14.6. The van der Waals surface area contributed by atoms with Gasteiger partial charge in [0, 0.05) is 6.10 Å². The van der Waals surface area contributed by atoms with Crippen molar-refractivity contribution in [1.29, 1.82) is 0 Å². The highest BCUT2D eigenvalue weighted by molar-refractivity contribution is 6.74. The predicted octanol–water partition coefficient (Wildman–Crippen LogP) is 6.92. The molecule has 170 valence electrons. The van der Waals surface area contributed by atoms with Gasteiger partial charge in [-0.3, -0.25) is 0 Å². The summed E-state index contributed by atoms with van der Waals surface area (Å²) in [6, 6.07) is 18.5. The van der Waals surface area contributed by atoms with Gasteiger partial charge in [-0.15, -0.1) is 6.58 Å². The zero-order chi connectivity index (χ0) is 22.9. The van der Waals surface area contributed by atoms with E-state index in [2.05, 4.69) is 64.7 Å². The molecule has 0 saturated heterocycles. The molecule has 0 aliphatic heterocycles. The molecule has 3 nitrogen and oxygen atoms in total. The van der Waals surface area contributed by atoms with Crippen molar-refractivity contribution in [2.24, 2.45) is 0 Å². The van der Waals surface area contributed by atoms with E-state index in [9.17, 15) is 5.11 Å². The Morgan fingerprint density at radius 1 is 1.00 bits per heavy atom. The molecule has 2 aromatic rings. The molecule has 0 radical (unpaired) electrons. The number of hydrogen-bond acceptors (Lipinski definition) is 3. The maximum absolute atomic E-state index is 10.4. The fourth-order valence-corrected chi connectivity index (χ4v) is 4.63. The van der Waals surface area contributed by atoms with E-state index in [1.54, 1.807) is 6.08 Å². The first-order valence-corrected chi connectivity index (χ1v) is 14.2. The van der Waals surface area contributed by atoms with Crippen LogP contribution < -0.4 is 4.74 Å². The van der Waals surface area contributed by atoms with Crippen LogP contribution in [0.5, 0.6) is 5.75 Å². The maximum atomic E-state index is 10.4. The molecule has 0 aromatic heterocycles. The summed E-state index contributed by atoms with van der Waals surface area (Å²) in [7, 11) is -1.90. The smallest absolute Gasteiger partial charge is 0.192 e. The van der Waals surface area contributed by atoms with Crippen LogP contribution in [0.3, 0.4) is 0 Å². The zero-order valence-electron chi connectivity index (χ0n) is 19.9. The third kappa shape index (κ3) is 8.64. The topological polar surface area (TPSA) is 38.7 Å². The van der Waals surface area contributed by atoms with E-state index in [1.807, 2.05) is 30.3 Å². The van der Waals surface area contributed by atoms with Gasteiger partial charge in [0.1, 0.15) is 12.4 Å². The molecule has 0 heterocycles. The Kier molecular flexibility index (Phi) is 9.54. The van der Waals surface area contributed by atoms with E-state index in [0.717, 1.165) is 24.2 Å². The normalized spacial score (nSPS) is 14.1. The molecule has 4 heteroatoms. The van der Waals surface area contributed by atoms with Crippen LogP contribution in [0.15, 0.2) is 67.3 Å². The number of hydrogen-bond donors (Lipinski definition) is 1. The highest BCUT2D eigenvalue weighted by Crippen LogP contribution is 2.38. The molecule has 0 bridgehead atoms. The van der Waals surface area contributed by atoms with Crippen LogP contribution >= 0.6 is 0 Å². The van der Waals surface area contributed by atoms with Gasteiger partial charge in [0.05, 0.1) is 6.10 Å². The number of ether oxygens (including phenoxy) is 1. The van der Waals surface area contributed by atoms with Gasteiger partial charge < -0.3 is 14.3 Å². The molecule has 2 atom stereocenters. The zero-order valence-corrected chi connectivity index (χ0v) is 20.9. The molecular formula is C27H40O3Si. The van der Waals surface area contributed by atoms with Crippen molar-refractivity contribution in [2.75, 3.05) is 0 Å². The van der Waals surface area contributed by atoms with Crippen molar-refractivity contribution in [3.05, 3.63) is 78.4 Å². The Morgan fingerprint density at radius 2 is 1.65 bits per heavy atom.